The molecule has 1 saturated heterocycles. The van der Waals surface area contributed by atoms with Crippen molar-refractivity contribution in [3.8, 4) is 5.75 Å². The first kappa shape index (κ1) is 19.8. The van der Waals surface area contributed by atoms with E-state index >= 15 is 0 Å². The van der Waals surface area contributed by atoms with Crippen LogP contribution in [-0.4, -0.2) is 49.8 Å². The van der Waals surface area contributed by atoms with Crippen LogP contribution in [0.2, 0.25) is 0 Å². The second-order valence-electron chi connectivity index (χ2n) is 7.72. The van der Waals surface area contributed by atoms with E-state index in [4.69, 9.17) is 9.47 Å². The van der Waals surface area contributed by atoms with E-state index in [2.05, 4.69) is 21.9 Å². The Labute approximate surface area is 173 Å². The highest BCUT2D eigenvalue weighted by atomic mass is 16.5. The van der Waals surface area contributed by atoms with Gasteiger partial charge in [-0.25, -0.2) is 4.79 Å². The quantitative estimate of drug-likeness (QED) is 0.496. The third-order valence-electron chi connectivity index (χ3n) is 5.74. The van der Waals surface area contributed by atoms with Crippen LogP contribution >= 0.6 is 0 Å². The first-order valence-corrected chi connectivity index (χ1v) is 10.8. The van der Waals surface area contributed by atoms with Gasteiger partial charge in [0, 0.05) is 24.3 Å². The molecule has 2 heterocycles. The lowest BCUT2D eigenvalue weighted by Crippen LogP contribution is -2.36. The zero-order valence-corrected chi connectivity index (χ0v) is 17.2. The molecule has 0 spiro atoms. The number of hydrogen-bond donors (Lipinski definition) is 0. The molecule has 1 fully saturated rings. The molecular formula is C24H30N2O3. The lowest BCUT2D eigenvalue weighted by molar-refractivity contribution is -0.144. The fraction of sp³-hybridized carbons (Fsp3) is 0.458. The first-order valence-electron chi connectivity index (χ1n) is 10.8. The molecule has 1 unspecified atom stereocenters. The highest BCUT2D eigenvalue weighted by Gasteiger charge is 2.36. The molecule has 2 aromatic rings. The predicted octanol–water partition coefficient (Wildman–Crippen LogP) is 4.18. The van der Waals surface area contributed by atoms with Crippen LogP contribution in [0.5, 0.6) is 5.75 Å². The number of esters is 1. The molecule has 0 amide bonds. The molecule has 5 heteroatoms. The molecule has 154 valence electrons. The van der Waals surface area contributed by atoms with Gasteiger partial charge in [-0.3, -0.25) is 0 Å². The molecule has 0 bridgehead atoms. The van der Waals surface area contributed by atoms with E-state index in [-0.39, 0.29) is 12.0 Å². The third kappa shape index (κ3) is 4.56. The van der Waals surface area contributed by atoms with E-state index in [0.29, 0.717) is 13.0 Å². The van der Waals surface area contributed by atoms with Crippen molar-refractivity contribution >= 4 is 17.3 Å². The van der Waals surface area contributed by atoms with Gasteiger partial charge in [0.15, 0.2) is 0 Å². The molecule has 0 aliphatic carbocycles. The number of hydrogen-bond acceptors (Lipinski definition) is 5. The summed E-state index contributed by atoms with van der Waals surface area (Å²) >= 11 is 0. The Balaban J connectivity index is 1.41. The molecule has 0 N–H and O–H groups in total. The fourth-order valence-corrected chi connectivity index (χ4v) is 4.32. The summed E-state index contributed by atoms with van der Waals surface area (Å²) in [7, 11) is 0. The molecule has 5 nitrogen and oxygen atoms in total. The maximum atomic E-state index is 12.6. The van der Waals surface area contributed by atoms with Gasteiger partial charge in [0.25, 0.3) is 0 Å². The summed E-state index contributed by atoms with van der Waals surface area (Å²) < 4.78 is 11.3. The second-order valence-corrected chi connectivity index (χ2v) is 7.72. The van der Waals surface area contributed by atoms with Crippen molar-refractivity contribution in [2.45, 2.75) is 38.6 Å². The van der Waals surface area contributed by atoms with Crippen molar-refractivity contribution in [2.75, 3.05) is 37.7 Å². The highest BCUT2D eigenvalue weighted by Crippen LogP contribution is 2.39. The largest absolute Gasteiger partial charge is 0.494 e. The van der Waals surface area contributed by atoms with Crippen molar-refractivity contribution in [1.82, 2.24) is 4.90 Å². The summed E-state index contributed by atoms with van der Waals surface area (Å²) in [6, 6.07) is 15.9. The summed E-state index contributed by atoms with van der Waals surface area (Å²) in [5, 5.41) is 0. The molecule has 4 rings (SSSR count). The minimum atomic E-state index is -0.320. The van der Waals surface area contributed by atoms with Crippen molar-refractivity contribution in [2.24, 2.45) is 0 Å². The number of ether oxygens (including phenoxy) is 2. The van der Waals surface area contributed by atoms with Crippen molar-refractivity contribution in [3.05, 3.63) is 54.1 Å². The normalized spacial score (nSPS) is 18.7. The van der Waals surface area contributed by atoms with Crippen LogP contribution in [-0.2, 0) is 16.0 Å². The number of benzene rings is 2. The van der Waals surface area contributed by atoms with Gasteiger partial charge < -0.3 is 19.3 Å². The van der Waals surface area contributed by atoms with Crippen molar-refractivity contribution in [1.29, 1.82) is 0 Å². The van der Waals surface area contributed by atoms with Gasteiger partial charge >= 0.3 is 5.97 Å². The Hall–Kier alpha value is -2.53. The van der Waals surface area contributed by atoms with E-state index in [0.717, 1.165) is 36.7 Å². The van der Waals surface area contributed by atoms with Gasteiger partial charge in [-0.2, -0.15) is 0 Å². The van der Waals surface area contributed by atoms with E-state index in [1.807, 2.05) is 43.3 Å². The number of rotatable bonds is 8. The third-order valence-corrected chi connectivity index (χ3v) is 5.74. The molecule has 0 radical (unpaired) electrons. The molecule has 1 atom stereocenters. The minimum absolute atomic E-state index is 0.175. The number of carbonyl (C=O) groups is 1. The second kappa shape index (κ2) is 9.31. The molecule has 0 saturated carbocycles. The maximum Gasteiger partial charge on any atom is 0.329 e. The summed E-state index contributed by atoms with van der Waals surface area (Å²) in [4.78, 5) is 17.1. The monoisotopic (exact) mass is 394 g/mol. The van der Waals surface area contributed by atoms with Gasteiger partial charge in [0.2, 0.25) is 0 Å². The number of likely N-dealkylation sites (tertiary alicyclic amines) is 1. The van der Waals surface area contributed by atoms with Crippen LogP contribution in [0.3, 0.4) is 0 Å². The Bertz CT molecular complexity index is 815. The average molecular weight is 395 g/mol. The van der Waals surface area contributed by atoms with Gasteiger partial charge in [-0.1, -0.05) is 18.2 Å². The van der Waals surface area contributed by atoms with E-state index in [1.54, 1.807) is 0 Å². The fourth-order valence-electron chi connectivity index (χ4n) is 4.32. The average Bonchev–Trinajstić information content (AvgIpc) is 3.40. The maximum absolute atomic E-state index is 12.6. The summed E-state index contributed by atoms with van der Waals surface area (Å²) in [5.41, 5.74) is 3.23. The van der Waals surface area contributed by atoms with Crippen LogP contribution in [0.15, 0.2) is 48.5 Å². The van der Waals surface area contributed by atoms with Gasteiger partial charge in [-0.15, -0.1) is 0 Å². The zero-order valence-electron chi connectivity index (χ0n) is 17.2. The zero-order chi connectivity index (χ0) is 20.1. The number of fused-ring (bicyclic) bond motifs is 1. The number of para-hydroxylation sites is 1. The summed E-state index contributed by atoms with van der Waals surface area (Å²) in [6.45, 7) is 6.54. The smallest absolute Gasteiger partial charge is 0.329 e. The number of carbonyl (C=O) groups excluding carboxylic acids is 1. The Morgan fingerprint density at radius 2 is 1.83 bits per heavy atom. The van der Waals surface area contributed by atoms with Crippen molar-refractivity contribution in [3.63, 3.8) is 0 Å². The molecule has 2 aliphatic rings. The lowest BCUT2D eigenvalue weighted by Gasteiger charge is -2.26. The Morgan fingerprint density at radius 1 is 1.07 bits per heavy atom. The lowest BCUT2D eigenvalue weighted by atomic mass is 10.1. The molecule has 2 aliphatic heterocycles. The van der Waals surface area contributed by atoms with Crippen LogP contribution in [0.25, 0.3) is 0 Å². The SMILES string of the molecule is CCOC(=O)C1Cc2ccccc2N1c1ccc(OCCCN2CCCC2)cc1. The predicted molar refractivity (Wildman–Crippen MR) is 115 cm³/mol. The van der Waals surface area contributed by atoms with E-state index in [9.17, 15) is 4.79 Å². The van der Waals surface area contributed by atoms with Crippen LogP contribution in [0.4, 0.5) is 11.4 Å². The first-order chi connectivity index (χ1) is 14.3. The van der Waals surface area contributed by atoms with Crippen LogP contribution in [0.1, 0.15) is 31.7 Å². The van der Waals surface area contributed by atoms with Gasteiger partial charge in [-0.05, 0) is 75.2 Å². The Kier molecular flexibility index (Phi) is 6.35. The highest BCUT2D eigenvalue weighted by molar-refractivity contribution is 5.88. The number of anilines is 2. The molecule has 2 aromatic carbocycles. The standard InChI is InChI=1S/C24H30N2O3/c1-2-28-24(27)23-18-19-8-3-4-9-22(19)26(23)20-10-12-21(13-11-20)29-17-7-16-25-14-5-6-15-25/h3-4,8-13,23H,2,5-7,14-18H2,1H3. The van der Waals surface area contributed by atoms with Gasteiger partial charge in [0.05, 0.1) is 13.2 Å². The van der Waals surface area contributed by atoms with Crippen molar-refractivity contribution < 1.29 is 14.3 Å². The molecule has 29 heavy (non-hydrogen) atoms. The topological polar surface area (TPSA) is 42.0 Å². The van der Waals surface area contributed by atoms with Crippen LogP contribution in [0, 0.1) is 0 Å². The summed E-state index contributed by atoms with van der Waals surface area (Å²) in [5.74, 6) is 0.696. The van der Waals surface area contributed by atoms with Gasteiger partial charge in [0.1, 0.15) is 11.8 Å². The van der Waals surface area contributed by atoms with E-state index in [1.165, 1.54) is 31.5 Å². The molecule has 0 aromatic heterocycles. The number of nitrogens with zero attached hydrogens (tertiary/aromatic N) is 2. The van der Waals surface area contributed by atoms with Crippen LogP contribution < -0.4 is 9.64 Å². The van der Waals surface area contributed by atoms with E-state index < -0.39 is 0 Å². The Morgan fingerprint density at radius 3 is 2.59 bits per heavy atom. The minimum Gasteiger partial charge on any atom is -0.494 e. The molecular weight excluding hydrogens is 364 g/mol. The summed E-state index contributed by atoms with van der Waals surface area (Å²) in [6.07, 6.45) is 4.37.